The molecule has 1 aromatic rings. The maximum Gasteiger partial charge on any atom is 0.311 e. The van der Waals surface area contributed by atoms with Gasteiger partial charge in [0.1, 0.15) is 18.3 Å². The fraction of sp³-hybridized carbons (Fsp3) is 0.812. The minimum atomic E-state index is -2.54. The second-order valence-corrected chi connectivity index (χ2v) is 33.6. The molecule has 0 saturated carbocycles. The Labute approximate surface area is 371 Å². The van der Waals surface area contributed by atoms with Gasteiger partial charge in [0.15, 0.2) is 34.4 Å². The van der Waals surface area contributed by atoms with Crippen LogP contribution in [0.3, 0.4) is 0 Å². The Morgan fingerprint density at radius 3 is 1.67 bits per heavy atom. The van der Waals surface area contributed by atoms with Crippen molar-refractivity contribution in [2.24, 2.45) is 22.2 Å². The molecule has 61 heavy (non-hydrogen) atoms. The minimum absolute atomic E-state index is 0.0183. The average molecular weight is 893 g/mol. The van der Waals surface area contributed by atoms with E-state index in [-0.39, 0.29) is 41.6 Å². The smallest absolute Gasteiger partial charge is 0.311 e. The highest BCUT2D eigenvalue weighted by Gasteiger charge is 2.75. The summed E-state index contributed by atoms with van der Waals surface area (Å²) in [6.07, 6.45) is -3.85. The quantitative estimate of drug-likeness (QED) is 0.0965. The molecule has 0 amide bonds. The summed E-state index contributed by atoms with van der Waals surface area (Å²) in [5.41, 5.74) is -3.23. The number of ether oxygens (including phenoxy) is 5. The van der Waals surface area contributed by atoms with Gasteiger partial charge in [-0.1, -0.05) is 78.8 Å². The Balaban J connectivity index is 2.26. The lowest BCUT2D eigenvalue weighted by molar-refractivity contribution is -0.371. The summed E-state index contributed by atoms with van der Waals surface area (Å²) < 4.78 is 47.1. The Hall–Kier alpha value is -2.14. The van der Waals surface area contributed by atoms with Crippen molar-refractivity contribution in [3.8, 4) is 0 Å². The summed E-state index contributed by atoms with van der Waals surface area (Å²) in [6.45, 7) is 39.3. The van der Waals surface area contributed by atoms with Crippen LogP contribution in [-0.2, 0) is 53.3 Å². The van der Waals surface area contributed by atoms with Crippen molar-refractivity contribution in [1.82, 2.24) is 0 Å². The predicted molar refractivity (Wildman–Crippen MR) is 245 cm³/mol. The first-order chi connectivity index (χ1) is 27.4. The molecule has 2 bridgehead atoms. The van der Waals surface area contributed by atoms with Gasteiger partial charge in [-0.15, -0.1) is 0 Å². The second kappa shape index (κ2) is 18.8. The number of carbonyl (C=O) groups is 3. The molecule has 350 valence electrons. The highest BCUT2D eigenvalue weighted by Crippen LogP contribution is 2.54. The first-order valence-electron chi connectivity index (χ1n) is 22.4. The van der Waals surface area contributed by atoms with Crippen molar-refractivity contribution in [3.63, 3.8) is 0 Å². The van der Waals surface area contributed by atoms with Crippen LogP contribution in [-0.4, -0.2) is 94.8 Å². The fourth-order valence-corrected chi connectivity index (χ4v) is 8.84. The van der Waals surface area contributed by atoms with E-state index in [1.807, 2.05) is 39.0 Å². The summed E-state index contributed by atoms with van der Waals surface area (Å²) in [4.78, 5) is 41.6. The average Bonchev–Trinajstić information content (AvgIpc) is 3.31. The molecule has 2 aliphatic heterocycles. The number of aliphatic hydroxyl groups excluding tert-OH is 1. The van der Waals surface area contributed by atoms with E-state index < -0.39 is 86.7 Å². The monoisotopic (exact) mass is 893 g/mol. The Morgan fingerprint density at radius 1 is 0.721 bits per heavy atom. The first kappa shape index (κ1) is 53.2. The summed E-state index contributed by atoms with van der Waals surface area (Å²) in [5.74, 6) is -3.19. The van der Waals surface area contributed by atoms with E-state index in [1.165, 1.54) is 0 Å². The zero-order valence-corrected chi connectivity index (χ0v) is 43.6. The normalized spacial score (nSPS) is 26.4. The summed E-state index contributed by atoms with van der Waals surface area (Å²) >= 11 is 0. The third-order valence-electron chi connectivity index (χ3n) is 13.2. The molecule has 13 heteroatoms. The molecule has 2 fully saturated rings. The van der Waals surface area contributed by atoms with Crippen molar-refractivity contribution in [3.05, 3.63) is 35.9 Å². The summed E-state index contributed by atoms with van der Waals surface area (Å²) in [6, 6.07) is 10.1. The van der Waals surface area contributed by atoms with Crippen molar-refractivity contribution < 1.29 is 52.0 Å². The van der Waals surface area contributed by atoms with Gasteiger partial charge in [-0.3, -0.25) is 14.4 Å². The van der Waals surface area contributed by atoms with E-state index in [0.717, 1.165) is 5.56 Å². The molecular formula is C48H84O11Si2. The molecule has 0 unspecified atom stereocenters. The molecule has 0 spiro atoms. The van der Waals surface area contributed by atoms with Crippen LogP contribution in [0.4, 0.5) is 0 Å². The van der Waals surface area contributed by atoms with Crippen LogP contribution in [0, 0.1) is 22.2 Å². The molecule has 2 heterocycles. The lowest BCUT2D eigenvalue weighted by atomic mass is 9.86. The minimum Gasteiger partial charge on any atom is -0.462 e. The molecule has 2 aliphatic rings. The molecule has 2 saturated heterocycles. The molecule has 0 aliphatic carbocycles. The van der Waals surface area contributed by atoms with E-state index in [4.69, 9.17) is 32.5 Å². The topological polar surface area (TPSA) is 136 Å². The van der Waals surface area contributed by atoms with Gasteiger partial charge in [0, 0.05) is 6.42 Å². The molecule has 8 atom stereocenters. The van der Waals surface area contributed by atoms with Gasteiger partial charge in [-0.2, -0.15) is 0 Å². The van der Waals surface area contributed by atoms with Crippen LogP contribution >= 0.6 is 0 Å². The molecule has 0 aromatic heterocycles. The zero-order valence-electron chi connectivity index (χ0n) is 41.6. The Kier molecular flexibility index (Phi) is 16.4. The lowest BCUT2D eigenvalue weighted by Gasteiger charge is -2.49. The molecule has 1 N–H and O–H groups in total. The number of benzene rings is 1. The van der Waals surface area contributed by atoms with Gasteiger partial charge in [0.25, 0.3) is 0 Å². The van der Waals surface area contributed by atoms with Crippen LogP contribution in [0.25, 0.3) is 0 Å². The fourth-order valence-electron chi connectivity index (χ4n) is 6.81. The van der Waals surface area contributed by atoms with E-state index in [0.29, 0.717) is 19.3 Å². The van der Waals surface area contributed by atoms with E-state index >= 15 is 0 Å². The van der Waals surface area contributed by atoms with E-state index in [9.17, 15) is 19.5 Å². The number of hydrogen-bond donors (Lipinski definition) is 1. The summed E-state index contributed by atoms with van der Waals surface area (Å²) in [5, 5.41) is 12.4. The van der Waals surface area contributed by atoms with Crippen molar-refractivity contribution in [2.75, 3.05) is 13.2 Å². The van der Waals surface area contributed by atoms with Gasteiger partial charge in [-0.05, 0) is 129 Å². The first-order valence-corrected chi connectivity index (χ1v) is 28.2. The van der Waals surface area contributed by atoms with Crippen LogP contribution in [0.5, 0.6) is 0 Å². The lowest BCUT2D eigenvalue weighted by Crippen LogP contribution is -2.66. The van der Waals surface area contributed by atoms with Gasteiger partial charge in [0.2, 0.25) is 5.79 Å². The van der Waals surface area contributed by atoms with E-state index in [2.05, 4.69) is 86.8 Å². The van der Waals surface area contributed by atoms with Gasteiger partial charge < -0.3 is 37.6 Å². The number of aliphatic hydroxyl groups is 1. The maximum absolute atomic E-state index is 14.1. The molecule has 3 rings (SSSR count). The Bertz CT molecular complexity index is 1640. The molecule has 1 aromatic carbocycles. The van der Waals surface area contributed by atoms with Crippen molar-refractivity contribution >= 4 is 34.5 Å². The number of esters is 3. The largest absolute Gasteiger partial charge is 0.462 e. The predicted octanol–water partition coefficient (Wildman–Crippen LogP) is 10.2. The van der Waals surface area contributed by atoms with Crippen LogP contribution in [0.1, 0.15) is 136 Å². The van der Waals surface area contributed by atoms with Gasteiger partial charge in [-0.25, -0.2) is 0 Å². The Morgan fingerprint density at radius 2 is 1.20 bits per heavy atom. The zero-order chi connectivity index (χ0) is 47.0. The third kappa shape index (κ3) is 12.8. The van der Waals surface area contributed by atoms with Crippen molar-refractivity contribution in [2.45, 2.75) is 215 Å². The highest BCUT2D eigenvalue weighted by molar-refractivity contribution is 6.74. The highest BCUT2D eigenvalue weighted by atomic mass is 28.4. The number of carbonyl (C=O) groups excluding carboxylic acids is 3. The summed E-state index contributed by atoms with van der Waals surface area (Å²) in [7, 11) is -4.93. The van der Waals surface area contributed by atoms with Crippen LogP contribution in [0.2, 0.25) is 36.3 Å². The molecule has 11 nitrogen and oxygen atoms in total. The van der Waals surface area contributed by atoms with Crippen LogP contribution < -0.4 is 0 Å². The third-order valence-corrected chi connectivity index (χ3v) is 22.2. The standard InChI is InChI=1S/C48H84O11Si2/c1-32(29-33-25-22-21-23-26-33)34(55-39(50)42(2,3)4)27-24-28-48-38(57-41(52)44(8,9)10)37(56-40(51)43(5,6)7)47(59-48,31-54-61(19,20)46(14,15)16)36(49)35(58-48)30-53-60(17,18)45(11,12)13/h21-23,25-26,32,34-38,49H,24,27-31H2,1-20H3/t32-,34-,35-,36-,37-,38-,47+,48+/m1/s1. The molecular weight excluding hydrogens is 809 g/mol. The second-order valence-electron chi connectivity index (χ2n) is 24.0. The number of rotatable bonds is 16. The van der Waals surface area contributed by atoms with E-state index in [1.54, 1.807) is 41.5 Å². The number of fused-ring (bicyclic) bond motifs is 2. The van der Waals surface area contributed by atoms with Crippen LogP contribution in [0.15, 0.2) is 30.3 Å². The maximum atomic E-state index is 14.1. The number of hydrogen-bond acceptors (Lipinski definition) is 11. The van der Waals surface area contributed by atoms with Gasteiger partial charge >= 0.3 is 17.9 Å². The van der Waals surface area contributed by atoms with Gasteiger partial charge in [0.05, 0.1) is 29.5 Å². The van der Waals surface area contributed by atoms with Crippen molar-refractivity contribution in [1.29, 1.82) is 0 Å². The molecule has 0 radical (unpaired) electrons. The SMILES string of the molecule is C[C@H](Cc1ccccc1)[C@@H](CCC[C@]12O[C@H](CO[Si](C)(C)C(C)(C)C)[C@@H](O)[C@](CO[Si](C)(C)C(C)(C)C)(O1)[C@H](OC(=O)C(C)(C)C)[C@H]2OC(=O)C(C)(C)C)OC(=O)C(C)(C)C.